The van der Waals surface area contributed by atoms with E-state index >= 15 is 0 Å². The predicted molar refractivity (Wildman–Crippen MR) is 181 cm³/mol. The van der Waals surface area contributed by atoms with E-state index in [2.05, 4.69) is 44.9 Å². The van der Waals surface area contributed by atoms with Crippen LogP contribution in [-0.2, 0) is 22.4 Å². The monoisotopic (exact) mass is 650 g/mol. The average molecular weight is 651 g/mol. The van der Waals surface area contributed by atoms with Crippen molar-refractivity contribution in [2.24, 2.45) is 11.5 Å². The van der Waals surface area contributed by atoms with Gasteiger partial charge in [0.2, 0.25) is 11.8 Å². The second-order valence-corrected chi connectivity index (χ2v) is 11.3. The highest BCUT2D eigenvalue weighted by Crippen LogP contribution is 2.22. The standard InChI is InChI=1S/C32H43ClN10O3/c1-43(24(30(37)45)7-2-4-18-34)25(44)17-12-21-10-15-23(16-11-21)22-13-8-20(9-14-22)6-3-5-19-39-32(38)42-31(46)26-28(35)41-29(36)27(33)40-26/h8-11,13-16,24H,2-7,12,17-19,34H2,1H3,(H2,37,45)(H4,35,36,41)(H3,38,39,42,46). The van der Waals surface area contributed by atoms with Crippen LogP contribution in [0, 0.1) is 5.41 Å². The minimum Gasteiger partial charge on any atom is -0.382 e. The van der Waals surface area contributed by atoms with E-state index in [9.17, 15) is 14.4 Å². The molecular formula is C32H43ClN10O3. The van der Waals surface area contributed by atoms with Gasteiger partial charge in [-0.15, -0.1) is 0 Å². The van der Waals surface area contributed by atoms with E-state index in [1.165, 1.54) is 10.5 Å². The molecule has 0 aliphatic heterocycles. The number of nitrogen functional groups attached to an aromatic ring is 2. The summed E-state index contributed by atoms with van der Waals surface area (Å²) in [6.07, 6.45) is 5.44. The largest absolute Gasteiger partial charge is 0.382 e. The van der Waals surface area contributed by atoms with Crippen LogP contribution in [0.15, 0.2) is 48.5 Å². The minimum atomic E-state index is -0.706. The molecule has 3 amide bonds. The Bertz CT molecular complexity index is 1500. The van der Waals surface area contributed by atoms with Crippen LogP contribution in [0.1, 0.15) is 60.1 Å². The molecule has 46 heavy (non-hydrogen) atoms. The predicted octanol–water partition coefficient (Wildman–Crippen LogP) is 2.61. The molecule has 1 aromatic heterocycles. The van der Waals surface area contributed by atoms with Crippen molar-refractivity contribution >= 4 is 46.9 Å². The lowest BCUT2D eigenvalue weighted by Crippen LogP contribution is -2.45. The highest BCUT2D eigenvalue weighted by Gasteiger charge is 2.24. The third-order valence-corrected chi connectivity index (χ3v) is 7.82. The number of benzene rings is 2. The molecule has 3 rings (SSSR count). The van der Waals surface area contributed by atoms with Crippen molar-refractivity contribution in [2.75, 3.05) is 31.6 Å². The SMILES string of the molecule is CN(C(=O)CCc1ccc(-c2ccc(CCCCNC(=N)NC(=O)c3nc(Cl)c(N)nc3N)cc2)cc1)C(CCCCN)C(N)=O. The quantitative estimate of drug-likeness (QED) is 0.0685. The zero-order chi connectivity index (χ0) is 33.6. The molecule has 0 saturated heterocycles. The summed E-state index contributed by atoms with van der Waals surface area (Å²) in [5.41, 5.74) is 26.5. The van der Waals surface area contributed by atoms with Gasteiger partial charge in [-0.25, -0.2) is 9.97 Å². The van der Waals surface area contributed by atoms with Gasteiger partial charge in [0.25, 0.3) is 5.91 Å². The van der Waals surface area contributed by atoms with Crippen molar-refractivity contribution in [3.05, 3.63) is 70.5 Å². The molecule has 0 radical (unpaired) electrons. The fourth-order valence-electron chi connectivity index (χ4n) is 4.83. The number of hydrogen-bond donors (Lipinski definition) is 7. The molecule has 0 saturated carbocycles. The summed E-state index contributed by atoms with van der Waals surface area (Å²) in [5, 5.41) is 13.0. The molecule has 14 heteroatoms. The van der Waals surface area contributed by atoms with Gasteiger partial charge in [0.1, 0.15) is 6.04 Å². The summed E-state index contributed by atoms with van der Waals surface area (Å²) < 4.78 is 0. The van der Waals surface area contributed by atoms with Gasteiger partial charge in [-0.3, -0.25) is 25.1 Å². The Balaban J connectivity index is 1.39. The van der Waals surface area contributed by atoms with E-state index < -0.39 is 17.9 Å². The number of carbonyl (C=O) groups is 3. The highest BCUT2D eigenvalue weighted by atomic mass is 35.5. The van der Waals surface area contributed by atoms with Crippen LogP contribution in [0.5, 0.6) is 0 Å². The molecule has 3 aromatic rings. The van der Waals surface area contributed by atoms with E-state index in [1.807, 2.05) is 24.3 Å². The van der Waals surface area contributed by atoms with Crippen molar-refractivity contribution in [3.8, 4) is 11.1 Å². The number of hydrogen-bond acceptors (Lipinski definition) is 9. The summed E-state index contributed by atoms with van der Waals surface area (Å²) in [6, 6.07) is 15.9. The molecule has 0 spiro atoms. The van der Waals surface area contributed by atoms with Crippen LogP contribution in [0.4, 0.5) is 11.6 Å². The van der Waals surface area contributed by atoms with Crippen molar-refractivity contribution in [1.82, 2.24) is 25.5 Å². The molecule has 13 nitrogen and oxygen atoms in total. The molecule has 2 aromatic carbocycles. The number of rotatable bonds is 16. The zero-order valence-electron chi connectivity index (χ0n) is 26.0. The van der Waals surface area contributed by atoms with Gasteiger partial charge in [-0.05, 0) is 73.7 Å². The topological polar surface area (TPSA) is 232 Å². The lowest BCUT2D eigenvalue weighted by molar-refractivity contribution is -0.138. The minimum absolute atomic E-state index is 0.0773. The van der Waals surface area contributed by atoms with Gasteiger partial charge in [-0.2, -0.15) is 0 Å². The normalized spacial score (nSPS) is 11.5. The van der Waals surface area contributed by atoms with Crippen LogP contribution in [0.2, 0.25) is 5.15 Å². The van der Waals surface area contributed by atoms with Gasteiger partial charge in [0, 0.05) is 20.0 Å². The first-order chi connectivity index (χ1) is 22.0. The molecule has 0 bridgehead atoms. The lowest BCUT2D eigenvalue weighted by atomic mass is 9.99. The third-order valence-electron chi connectivity index (χ3n) is 7.54. The Labute approximate surface area is 274 Å². The van der Waals surface area contributed by atoms with Crippen LogP contribution < -0.4 is 33.6 Å². The first-order valence-electron chi connectivity index (χ1n) is 15.2. The fraction of sp³-hybridized carbons (Fsp3) is 0.375. The number of nitrogens with zero attached hydrogens (tertiary/aromatic N) is 3. The maximum atomic E-state index is 12.7. The maximum Gasteiger partial charge on any atom is 0.280 e. The zero-order valence-corrected chi connectivity index (χ0v) is 26.8. The molecular weight excluding hydrogens is 608 g/mol. The summed E-state index contributed by atoms with van der Waals surface area (Å²) in [5.74, 6) is -1.75. The summed E-state index contributed by atoms with van der Waals surface area (Å²) >= 11 is 5.81. The number of halogens is 1. The first kappa shape index (κ1) is 35.7. The van der Waals surface area contributed by atoms with Gasteiger partial charge >= 0.3 is 0 Å². The number of likely N-dealkylation sites (N-methyl/N-ethyl adjacent to an activating group) is 1. The van der Waals surface area contributed by atoms with Gasteiger partial charge in [0.15, 0.2) is 28.4 Å². The molecule has 1 heterocycles. The van der Waals surface area contributed by atoms with E-state index in [-0.39, 0.29) is 34.3 Å². The Hall–Kier alpha value is -4.75. The second-order valence-electron chi connectivity index (χ2n) is 10.9. The number of aryl methyl sites for hydroxylation is 2. The smallest absolute Gasteiger partial charge is 0.280 e. The van der Waals surface area contributed by atoms with Gasteiger partial charge < -0.3 is 33.2 Å². The number of aromatic nitrogens is 2. The number of unbranched alkanes of at least 4 members (excludes halogenated alkanes) is 2. The summed E-state index contributed by atoms with van der Waals surface area (Å²) in [7, 11) is 1.63. The van der Waals surface area contributed by atoms with Crippen LogP contribution in [0.3, 0.4) is 0 Å². The molecule has 1 atom stereocenters. The molecule has 246 valence electrons. The number of nitrogens with one attached hydrogen (secondary N) is 3. The molecule has 0 aliphatic carbocycles. The summed E-state index contributed by atoms with van der Waals surface area (Å²) in [4.78, 5) is 45.9. The molecule has 1 unspecified atom stereocenters. The molecule has 0 fully saturated rings. The van der Waals surface area contributed by atoms with Gasteiger partial charge in [-0.1, -0.05) is 60.1 Å². The van der Waals surface area contributed by atoms with Gasteiger partial charge in [0.05, 0.1) is 0 Å². The Morgan fingerprint density at radius 2 is 1.50 bits per heavy atom. The number of anilines is 2. The van der Waals surface area contributed by atoms with E-state index in [4.69, 9.17) is 39.9 Å². The lowest BCUT2D eigenvalue weighted by Gasteiger charge is -2.25. The average Bonchev–Trinajstić information content (AvgIpc) is 3.03. The molecule has 0 aliphatic rings. The van der Waals surface area contributed by atoms with E-state index in [0.29, 0.717) is 32.4 Å². The Kier molecular flexibility index (Phi) is 13.7. The first-order valence-corrected chi connectivity index (χ1v) is 15.5. The second kappa shape index (κ2) is 17.7. The van der Waals surface area contributed by atoms with E-state index in [1.54, 1.807) is 7.05 Å². The fourth-order valence-corrected chi connectivity index (χ4v) is 4.96. The Morgan fingerprint density at radius 3 is 2.09 bits per heavy atom. The number of guanidine groups is 1. The maximum absolute atomic E-state index is 12.7. The van der Waals surface area contributed by atoms with Crippen molar-refractivity contribution in [3.63, 3.8) is 0 Å². The number of carbonyl (C=O) groups excluding carboxylic acids is 3. The molecule has 11 N–H and O–H groups in total. The number of primary amides is 1. The highest BCUT2D eigenvalue weighted by molar-refractivity contribution is 6.31. The van der Waals surface area contributed by atoms with Crippen LogP contribution >= 0.6 is 11.6 Å². The Morgan fingerprint density at radius 1 is 0.891 bits per heavy atom. The third kappa shape index (κ3) is 10.7. The summed E-state index contributed by atoms with van der Waals surface area (Å²) in [6.45, 7) is 1.04. The van der Waals surface area contributed by atoms with Crippen LogP contribution in [0.25, 0.3) is 11.1 Å². The van der Waals surface area contributed by atoms with Crippen molar-refractivity contribution < 1.29 is 14.4 Å². The van der Waals surface area contributed by atoms with Crippen LogP contribution in [-0.4, -0.2) is 64.7 Å². The number of nitrogens with two attached hydrogens (primary N) is 4. The number of amides is 3. The van der Waals surface area contributed by atoms with Crippen molar-refractivity contribution in [1.29, 1.82) is 5.41 Å². The van der Waals surface area contributed by atoms with E-state index in [0.717, 1.165) is 48.8 Å². The van der Waals surface area contributed by atoms with Crippen molar-refractivity contribution in [2.45, 2.75) is 57.4 Å².